The molecule has 0 atom stereocenters. The molecule has 1 amide bonds. The van der Waals surface area contributed by atoms with Crippen LogP contribution in [0, 0.1) is 5.82 Å². The SMILES string of the molecule is O=C(Cn1c(=O)c2sccc2n(Cc2cccc(Cl)c2)c1=O)Nc1ccc(F)cc1. The predicted octanol–water partition coefficient (Wildman–Crippen LogP) is 3.70. The fraction of sp³-hybridized carbons (Fsp3) is 0.0952. The van der Waals surface area contributed by atoms with Gasteiger partial charge in [-0.25, -0.2) is 13.8 Å². The molecule has 0 spiro atoms. The number of nitrogens with zero attached hydrogens (tertiary/aromatic N) is 2. The van der Waals surface area contributed by atoms with Crippen molar-refractivity contribution in [2.75, 3.05) is 5.32 Å². The molecule has 2 aromatic carbocycles. The van der Waals surface area contributed by atoms with Crippen LogP contribution in [0.1, 0.15) is 5.56 Å². The number of halogens is 2. The minimum atomic E-state index is -0.597. The predicted molar refractivity (Wildman–Crippen MR) is 116 cm³/mol. The van der Waals surface area contributed by atoms with Gasteiger partial charge in [0.05, 0.1) is 12.1 Å². The van der Waals surface area contributed by atoms with Crippen LogP contribution in [-0.2, 0) is 17.9 Å². The average molecular weight is 444 g/mol. The lowest BCUT2D eigenvalue weighted by Gasteiger charge is -2.13. The number of carbonyl (C=O) groups excluding carboxylic acids is 1. The second-order valence-corrected chi connectivity index (χ2v) is 7.93. The Balaban J connectivity index is 1.71. The van der Waals surface area contributed by atoms with Crippen molar-refractivity contribution < 1.29 is 9.18 Å². The molecule has 0 aliphatic rings. The van der Waals surface area contributed by atoms with E-state index in [2.05, 4.69) is 5.32 Å². The number of benzene rings is 2. The number of aromatic nitrogens is 2. The molecule has 4 aromatic rings. The van der Waals surface area contributed by atoms with E-state index in [0.29, 0.717) is 20.9 Å². The molecule has 0 saturated carbocycles. The van der Waals surface area contributed by atoms with E-state index in [-0.39, 0.29) is 6.54 Å². The van der Waals surface area contributed by atoms with E-state index in [4.69, 9.17) is 11.6 Å². The first-order chi connectivity index (χ1) is 14.4. The molecule has 152 valence electrons. The maximum atomic E-state index is 13.1. The van der Waals surface area contributed by atoms with Gasteiger partial charge in [-0.15, -0.1) is 11.3 Å². The van der Waals surface area contributed by atoms with Crippen LogP contribution in [0.25, 0.3) is 10.2 Å². The van der Waals surface area contributed by atoms with Gasteiger partial charge in [0.25, 0.3) is 5.56 Å². The van der Waals surface area contributed by atoms with Crippen LogP contribution in [-0.4, -0.2) is 15.0 Å². The Morgan fingerprint density at radius 1 is 1.07 bits per heavy atom. The highest BCUT2D eigenvalue weighted by Crippen LogP contribution is 2.18. The lowest BCUT2D eigenvalue weighted by molar-refractivity contribution is -0.116. The van der Waals surface area contributed by atoms with Gasteiger partial charge in [-0.3, -0.25) is 14.2 Å². The van der Waals surface area contributed by atoms with E-state index in [0.717, 1.165) is 10.1 Å². The molecule has 2 aromatic heterocycles. The summed E-state index contributed by atoms with van der Waals surface area (Å²) >= 11 is 7.25. The Morgan fingerprint density at radius 3 is 2.57 bits per heavy atom. The Morgan fingerprint density at radius 2 is 1.83 bits per heavy atom. The third-order valence-electron chi connectivity index (χ3n) is 4.50. The summed E-state index contributed by atoms with van der Waals surface area (Å²) in [7, 11) is 0. The first kappa shape index (κ1) is 20.1. The fourth-order valence-corrected chi connectivity index (χ4v) is 4.18. The number of hydrogen-bond donors (Lipinski definition) is 1. The van der Waals surface area contributed by atoms with Crippen LogP contribution < -0.4 is 16.6 Å². The highest BCUT2D eigenvalue weighted by Gasteiger charge is 2.17. The molecular weight excluding hydrogens is 429 g/mol. The van der Waals surface area contributed by atoms with E-state index in [1.807, 2.05) is 6.07 Å². The van der Waals surface area contributed by atoms with Crippen LogP contribution in [0.15, 0.2) is 69.6 Å². The maximum Gasteiger partial charge on any atom is 0.332 e. The molecular formula is C21H15ClFN3O3S. The summed E-state index contributed by atoms with van der Waals surface area (Å²) in [6.45, 7) is -0.259. The molecule has 2 heterocycles. The monoisotopic (exact) mass is 443 g/mol. The molecule has 0 bridgehead atoms. The van der Waals surface area contributed by atoms with Crippen LogP contribution >= 0.6 is 22.9 Å². The first-order valence-electron chi connectivity index (χ1n) is 8.93. The van der Waals surface area contributed by atoms with Gasteiger partial charge in [0, 0.05) is 10.7 Å². The van der Waals surface area contributed by atoms with Gasteiger partial charge in [0.2, 0.25) is 5.91 Å². The van der Waals surface area contributed by atoms with Gasteiger partial charge in [0.1, 0.15) is 17.1 Å². The number of hydrogen-bond acceptors (Lipinski definition) is 4. The zero-order valence-electron chi connectivity index (χ0n) is 15.5. The van der Waals surface area contributed by atoms with Crippen molar-refractivity contribution in [3.8, 4) is 0 Å². The van der Waals surface area contributed by atoms with Gasteiger partial charge >= 0.3 is 5.69 Å². The molecule has 0 radical (unpaired) electrons. The van der Waals surface area contributed by atoms with Crippen LogP contribution in [0.4, 0.5) is 10.1 Å². The Hall–Kier alpha value is -3.23. The van der Waals surface area contributed by atoms with E-state index in [9.17, 15) is 18.8 Å². The summed E-state index contributed by atoms with van der Waals surface area (Å²) in [5.74, 6) is -0.998. The Kier molecular flexibility index (Phi) is 5.52. The van der Waals surface area contributed by atoms with Crippen molar-refractivity contribution >= 4 is 44.7 Å². The first-order valence-corrected chi connectivity index (χ1v) is 10.2. The zero-order valence-corrected chi connectivity index (χ0v) is 17.0. The number of carbonyl (C=O) groups is 1. The summed E-state index contributed by atoms with van der Waals surface area (Å²) in [5, 5.41) is 4.82. The number of amides is 1. The van der Waals surface area contributed by atoms with Crippen molar-refractivity contribution in [3.05, 3.63) is 97.2 Å². The Bertz CT molecular complexity index is 1360. The van der Waals surface area contributed by atoms with E-state index < -0.39 is 29.5 Å². The smallest absolute Gasteiger partial charge is 0.325 e. The summed E-state index contributed by atoms with van der Waals surface area (Å²) < 4.78 is 15.8. The van der Waals surface area contributed by atoms with Crippen LogP contribution in [0.3, 0.4) is 0 Å². The average Bonchev–Trinajstić information content (AvgIpc) is 3.20. The molecule has 0 aliphatic carbocycles. The third kappa shape index (κ3) is 4.05. The van der Waals surface area contributed by atoms with Gasteiger partial charge < -0.3 is 5.32 Å². The van der Waals surface area contributed by atoms with E-state index >= 15 is 0 Å². The molecule has 0 saturated heterocycles. The number of thiophene rings is 1. The second kappa shape index (κ2) is 8.25. The number of anilines is 1. The lowest BCUT2D eigenvalue weighted by atomic mass is 10.2. The summed E-state index contributed by atoms with van der Waals surface area (Å²) in [6, 6.07) is 14.0. The number of rotatable bonds is 5. The summed E-state index contributed by atoms with van der Waals surface area (Å²) in [5.41, 5.74) is 0.538. The Labute approximate surface area is 178 Å². The van der Waals surface area contributed by atoms with E-state index in [1.54, 1.807) is 29.6 Å². The standard InChI is InChI=1S/C21H15ClFN3O3S/c22-14-3-1-2-13(10-14)11-25-17-8-9-30-19(17)20(28)26(21(25)29)12-18(27)24-16-6-4-15(23)5-7-16/h1-10H,11-12H2,(H,24,27). The van der Waals surface area contributed by atoms with Crippen LogP contribution in [0.5, 0.6) is 0 Å². The maximum absolute atomic E-state index is 13.1. The molecule has 4 rings (SSSR count). The van der Waals surface area contributed by atoms with Crippen molar-refractivity contribution in [1.29, 1.82) is 0 Å². The lowest BCUT2D eigenvalue weighted by Crippen LogP contribution is -2.42. The minimum absolute atomic E-state index is 0.201. The molecule has 0 fully saturated rings. The van der Waals surface area contributed by atoms with E-state index in [1.165, 1.54) is 40.2 Å². The molecule has 30 heavy (non-hydrogen) atoms. The fourth-order valence-electron chi connectivity index (χ4n) is 3.12. The van der Waals surface area contributed by atoms with Gasteiger partial charge in [-0.05, 0) is 53.4 Å². The number of nitrogens with one attached hydrogen (secondary N) is 1. The van der Waals surface area contributed by atoms with Crippen LogP contribution in [0.2, 0.25) is 5.02 Å². The highest BCUT2D eigenvalue weighted by atomic mass is 35.5. The molecule has 0 aliphatic heterocycles. The van der Waals surface area contributed by atoms with Gasteiger partial charge in [0.15, 0.2) is 0 Å². The molecule has 1 N–H and O–H groups in total. The minimum Gasteiger partial charge on any atom is -0.325 e. The summed E-state index contributed by atoms with van der Waals surface area (Å²) in [4.78, 5) is 38.3. The normalized spacial score (nSPS) is 11.0. The van der Waals surface area contributed by atoms with Gasteiger partial charge in [-0.2, -0.15) is 0 Å². The topological polar surface area (TPSA) is 73.1 Å². The largest absolute Gasteiger partial charge is 0.332 e. The van der Waals surface area contributed by atoms with Crippen molar-refractivity contribution in [3.63, 3.8) is 0 Å². The second-order valence-electron chi connectivity index (χ2n) is 6.58. The van der Waals surface area contributed by atoms with Crippen molar-refractivity contribution in [2.45, 2.75) is 13.1 Å². The van der Waals surface area contributed by atoms with Crippen molar-refractivity contribution in [2.24, 2.45) is 0 Å². The quantitative estimate of drug-likeness (QED) is 0.511. The third-order valence-corrected chi connectivity index (χ3v) is 5.62. The summed E-state index contributed by atoms with van der Waals surface area (Å²) in [6.07, 6.45) is 0. The molecule has 9 heteroatoms. The molecule has 0 unspecified atom stereocenters. The van der Waals surface area contributed by atoms with Gasteiger partial charge in [-0.1, -0.05) is 23.7 Å². The number of fused-ring (bicyclic) bond motifs is 1. The highest BCUT2D eigenvalue weighted by molar-refractivity contribution is 7.17. The van der Waals surface area contributed by atoms with Crippen molar-refractivity contribution in [1.82, 2.24) is 9.13 Å². The molecule has 6 nitrogen and oxygen atoms in total. The zero-order chi connectivity index (χ0) is 21.3.